The molecule has 0 aromatic heterocycles. The largest absolute Gasteiger partial charge is 0.350 e. The van der Waals surface area contributed by atoms with Gasteiger partial charge in [-0.25, -0.2) is 4.90 Å². The minimum absolute atomic E-state index is 0.0308. The lowest BCUT2D eigenvalue weighted by Gasteiger charge is -2.16. The van der Waals surface area contributed by atoms with Crippen molar-refractivity contribution < 1.29 is 14.4 Å². The Kier molecular flexibility index (Phi) is 6.26. The summed E-state index contributed by atoms with van der Waals surface area (Å²) in [5, 5.41) is 5.62. The molecular weight excluding hydrogens is 450 g/mol. The molecule has 3 amide bonds. The SMILES string of the molecule is Cc1cc(C)cc(NC(=O)c2cccc(NC3=C(Cl)C(=O)N(c4ccc(C)c(C)c4)C3=O)c2)c1. The van der Waals surface area contributed by atoms with Crippen molar-refractivity contribution in [3.05, 3.63) is 99.2 Å². The van der Waals surface area contributed by atoms with Crippen LogP contribution in [0.1, 0.15) is 32.6 Å². The lowest BCUT2D eigenvalue weighted by Crippen LogP contribution is -2.32. The van der Waals surface area contributed by atoms with Gasteiger partial charge in [0.15, 0.2) is 0 Å². The van der Waals surface area contributed by atoms with E-state index >= 15 is 0 Å². The van der Waals surface area contributed by atoms with E-state index in [1.54, 1.807) is 36.4 Å². The lowest BCUT2D eigenvalue weighted by molar-refractivity contribution is -0.120. The Morgan fingerprint density at radius 2 is 1.50 bits per heavy atom. The van der Waals surface area contributed by atoms with Gasteiger partial charge in [0.1, 0.15) is 10.7 Å². The Morgan fingerprint density at radius 1 is 0.794 bits per heavy atom. The van der Waals surface area contributed by atoms with Crippen LogP contribution in [-0.4, -0.2) is 17.7 Å². The molecule has 0 aliphatic carbocycles. The van der Waals surface area contributed by atoms with Crippen LogP contribution in [0.15, 0.2) is 71.4 Å². The molecule has 0 saturated heterocycles. The predicted octanol–water partition coefficient (Wildman–Crippen LogP) is 5.61. The summed E-state index contributed by atoms with van der Waals surface area (Å²) in [6, 6.07) is 17.8. The normalized spacial score (nSPS) is 13.5. The highest BCUT2D eigenvalue weighted by Crippen LogP contribution is 2.31. The van der Waals surface area contributed by atoms with Gasteiger partial charge in [0, 0.05) is 16.9 Å². The molecule has 1 aliphatic rings. The molecule has 172 valence electrons. The molecular formula is C27H24ClN3O3. The first-order valence-corrected chi connectivity index (χ1v) is 11.1. The second kappa shape index (κ2) is 9.15. The van der Waals surface area contributed by atoms with E-state index in [9.17, 15) is 14.4 Å². The quantitative estimate of drug-likeness (QED) is 0.472. The molecule has 1 heterocycles. The molecule has 4 rings (SSSR count). The third kappa shape index (κ3) is 4.58. The van der Waals surface area contributed by atoms with Gasteiger partial charge in [-0.15, -0.1) is 0 Å². The fourth-order valence-electron chi connectivity index (χ4n) is 3.84. The molecule has 34 heavy (non-hydrogen) atoms. The van der Waals surface area contributed by atoms with Gasteiger partial charge in [-0.2, -0.15) is 0 Å². The van der Waals surface area contributed by atoms with Crippen LogP contribution in [0, 0.1) is 27.7 Å². The van der Waals surface area contributed by atoms with Gasteiger partial charge < -0.3 is 10.6 Å². The van der Waals surface area contributed by atoms with E-state index in [4.69, 9.17) is 11.6 Å². The van der Waals surface area contributed by atoms with E-state index in [0.717, 1.165) is 27.2 Å². The van der Waals surface area contributed by atoms with Crippen LogP contribution in [-0.2, 0) is 9.59 Å². The van der Waals surface area contributed by atoms with E-state index < -0.39 is 11.8 Å². The summed E-state index contributed by atoms with van der Waals surface area (Å²) in [6.45, 7) is 7.79. The number of nitrogens with one attached hydrogen (secondary N) is 2. The number of amides is 3. The van der Waals surface area contributed by atoms with Crippen LogP contribution < -0.4 is 15.5 Å². The Labute approximate surface area is 203 Å². The maximum atomic E-state index is 13.1. The molecule has 0 bridgehead atoms. The molecule has 0 spiro atoms. The van der Waals surface area contributed by atoms with Crippen molar-refractivity contribution in [1.82, 2.24) is 0 Å². The average Bonchev–Trinajstić information content (AvgIpc) is 2.98. The van der Waals surface area contributed by atoms with Crippen molar-refractivity contribution in [3.63, 3.8) is 0 Å². The molecule has 0 unspecified atom stereocenters. The number of imide groups is 1. The van der Waals surface area contributed by atoms with E-state index in [1.165, 1.54) is 0 Å². The molecule has 3 aromatic rings. The second-order valence-electron chi connectivity index (χ2n) is 8.44. The van der Waals surface area contributed by atoms with E-state index in [2.05, 4.69) is 10.6 Å². The van der Waals surface area contributed by atoms with Crippen molar-refractivity contribution in [3.8, 4) is 0 Å². The number of aryl methyl sites for hydroxylation is 4. The maximum absolute atomic E-state index is 13.1. The molecule has 0 radical (unpaired) electrons. The molecule has 2 N–H and O–H groups in total. The van der Waals surface area contributed by atoms with Crippen molar-refractivity contribution in [2.24, 2.45) is 0 Å². The van der Waals surface area contributed by atoms with Gasteiger partial charge in [-0.3, -0.25) is 14.4 Å². The lowest BCUT2D eigenvalue weighted by atomic mass is 10.1. The van der Waals surface area contributed by atoms with Crippen LogP contribution >= 0.6 is 11.6 Å². The van der Waals surface area contributed by atoms with Gasteiger partial charge in [0.05, 0.1) is 5.69 Å². The van der Waals surface area contributed by atoms with E-state index in [-0.39, 0.29) is 16.6 Å². The van der Waals surface area contributed by atoms with Crippen molar-refractivity contribution in [2.75, 3.05) is 15.5 Å². The third-order valence-electron chi connectivity index (χ3n) is 5.65. The molecule has 0 atom stereocenters. The smallest absolute Gasteiger partial charge is 0.283 e. The monoisotopic (exact) mass is 473 g/mol. The van der Waals surface area contributed by atoms with Crippen LogP contribution in [0.5, 0.6) is 0 Å². The summed E-state index contributed by atoms with van der Waals surface area (Å²) < 4.78 is 0. The number of hydrogen-bond donors (Lipinski definition) is 2. The van der Waals surface area contributed by atoms with E-state index in [0.29, 0.717) is 22.6 Å². The predicted molar refractivity (Wildman–Crippen MR) is 135 cm³/mol. The zero-order chi connectivity index (χ0) is 24.6. The van der Waals surface area contributed by atoms with Crippen LogP contribution in [0.4, 0.5) is 17.1 Å². The van der Waals surface area contributed by atoms with Gasteiger partial charge in [-0.1, -0.05) is 29.8 Å². The highest BCUT2D eigenvalue weighted by molar-refractivity contribution is 6.53. The van der Waals surface area contributed by atoms with Crippen molar-refractivity contribution >= 4 is 46.4 Å². The Hall–Kier alpha value is -3.90. The zero-order valence-corrected chi connectivity index (χ0v) is 20.1. The number of carbonyl (C=O) groups is 3. The molecule has 6 nitrogen and oxygen atoms in total. The fraction of sp³-hybridized carbons (Fsp3) is 0.148. The van der Waals surface area contributed by atoms with Gasteiger partial charge in [0.25, 0.3) is 17.7 Å². The van der Waals surface area contributed by atoms with Gasteiger partial charge >= 0.3 is 0 Å². The van der Waals surface area contributed by atoms with Crippen LogP contribution in [0.2, 0.25) is 0 Å². The third-order valence-corrected chi connectivity index (χ3v) is 6.00. The summed E-state index contributed by atoms with van der Waals surface area (Å²) in [5.41, 5.74) is 6.08. The average molecular weight is 474 g/mol. The Morgan fingerprint density at radius 3 is 2.18 bits per heavy atom. The fourth-order valence-corrected chi connectivity index (χ4v) is 4.06. The Balaban J connectivity index is 1.55. The highest BCUT2D eigenvalue weighted by Gasteiger charge is 2.39. The van der Waals surface area contributed by atoms with Gasteiger partial charge in [-0.05, 0) is 92.4 Å². The summed E-state index contributed by atoms with van der Waals surface area (Å²) in [6.07, 6.45) is 0. The number of halogens is 1. The summed E-state index contributed by atoms with van der Waals surface area (Å²) >= 11 is 6.25. The molecule has 1 aliphatic heterocycles. The van der Waals surface area contributed by atoms with E-state index in [1.807, 2.05) is 52.0 Å². The summed E-state index contributed by atoms with van der Waals surface area (Å²) in [4.78, 5) is 39.7. The van der Waals surface area contributed by atoms with Crippen LogP contribution in [0.25, 0.3) is 0 Å². The molecule has 0 saturated carbocycles. The maximum Gasteiger partial charge on any atom is 0.283 e. The standard InChI is InChI=1S/C27H24ClN3O3/c1-15-10-16(2)12-21(11-15)30-25(32)19-6-5-7-20(14-19)29-24-23(28)26(33)31(27(24)34)22-9-8-17(3)18(4)13-22/h5-14,29H,1-4H3,(H,30,32). The first-order valence-electron chi connectivity index (χ1n) is 10.8. The molecule has 0 fully saturated rings. The number of nitrogens with zero attached hydrogens (tertiary/aromatic N) is 1. The minimum Gasteiger partial charge on any atom is -0.350 e. The number of rotatable bonds is 5. The van der Waals surface area contributed by atoms with Crippen molar-refractivity contribution in [1.29, 1.82) is 0 Å². The Bertz CT molecular complexity index is 1360. The first-order chi connectivity index (χ1) is 16.1. The highest BCUT2D eigenvalue weighted by atomic mass is 35.5. The number of hydrogen-bond acceptors (Lipinski definition) is 4. The number of benzene rings is 3. The first kappa shape index (κ1) is 23.3. The zero-order valence-electron chi connectivity index (χ0n) is 19.3. The van der Waals surface area contributed by atoms with Gasteiger partial charge in [0.2, 0.25) is 0 Å². The van der Waals surface area contributed by atoms with Crippen molar-refractivity contribution in [2.45, 2.75) is 27.7 Å². The number of carbonyl (C=O) groups excluding carboxylic acids is 3. The second-order valence-corrected chi connectivity index (χ2v) is 8.82. The topological polar surface area (TPSA) is 78.5 Å². The molecule has 3 aromatic carbocycles. The number of anilines is 3. The summed E-state index contributed by atoms with van der Waals surface area (Å²) in [5.74, 6) is -1.44. The van der Waals surface area contributed by atoms with Crippen LogP contribution in [0.3, 0.4) is 0 Å². The minimum atomic E-state index is -0.596. The summed E-state index contributed by atoms with van der Waals surface area (Å²) in [7, 11) is 0. The molecule has 7 heteroatoms.